The first-order valence-corrected chi connectivity index (χ1v) is 8.41. The van der Waals surface area contributed by atoms with Gasteiger partial charge in [-0.1, -0.05) is 18.2 Å². The summed E-state index contributed by atoms with van der Waals surface area (Å²) < 4.78 is 51.9. The van der Waals surface area contributed by atoms with E-state index in [1.165, 1.54) is 44.4 Å². The van der Waals surface area contributed by atoms with Gasteiger partial charge in [0.2, 0.25) is 15.9 Å². The zero-order valence-electron chi connectivity index (χ0n) is 13.1. The second-order valence-electron chi connectivity index (χ2n) is 5.25. The number of anilines is 1. The molecule has 1 amide bonds. The van der Waals surface area contributed by atoms with Crippen molar-refractivity contribution in [2.75, 3.05) is 19.4 Å². The van der Waals surface area contributed by atoms with E-state index in [-0.39, 0.29) is 11.3 Å². The van der Waals surface area contributed by atoms with E-state index in [0.29, 0.717) is 5.56 Å². The zero-order chi connectivity index (χ0) is 17.9. The van der Waals surface area contributed by atoms with Crippen molar-refractivity contribution in [3.63, 3.8) is 0 Å². The molecule has 0 aromatic heterocycles. The van der Waals surface area contributed by atoms with Gasteiger partial charge in [-0.2, -0.15) is 0 Å². The molecule has 0 heterocycles. The molecule has 0 saturated carbocycles. The van der Waals surface area contributed by atoms with Crippen molar-refractivity contribution in [3.05, 3.63) is 59.7 Å². The molecule has 2 aromatic carbocycles. The van der Waals surface area contributed by atoms with Crippen molar-refractivity contribution < 1.29 is 22.0 Å². The smallest absolute Gasteiger partial charge is 0.242 e. The van der Waals surface area contributed by atoms with Crippen molar-refractivity contribution >= 4 is 21.6 Å². The van der Waals surface area contributed by atoms with Gasteiger partial charge in [-0.25, -0.2) is 21.5 Å². The number of carbonyl (C=O) groups is 1. The number of hydrogen-bond donors (Lipinski definition) is 1. The first kappa shape index (κ1) is 18.0. The zero-order valence-corrected chi connectivity index (χ0v) is 13.9. The number of amides is 1. The van der Waals surface area contributed by atoms with E-state index in [4.69, 9.17) is 0 Å². The van der Waals surface area contributed by atoms with Crippen LogP contribution in [0.2, 0.25) is 0 Å². The number of benzene rings is 2. The Bertz CT molecular complexity index is 830. The summed E-state index contributed by atoms with van der Waals surface area (Å²) in [6, 6.07) is 8.99. The van der Waals surface area contributed by atoms with Gasteiger partial charge >= 0.3 is 0 Å². The number of sulfonamides is 1. The normalized spacial score (nSPS) is 11.5. The number of nitrogens with zero attached hydrogens (tertiary/aromatic N) is 1. The average Bonchev–Trinajstić information content (AvgIpc) is 2.51. The Hall–Kier alpha value is -2.32. The first-order valence-electron chi connectivity index (χ1n) is 6.97. The predicted octanol–water partition coefficient (Wildman–Crippen LogP) is 2.40. The molecule has 5 nitrogen and oxygen atoms in total. The lowest BCUT2D eigenvalue weighted by molar-refractivity contribution is -0.115. The minimum atomic E-state index is -3.55. The van der Waals surface area contributed by atoms with Crippen LogP contribution in [0.15, 0.2) is 47.4 Å². The summed E-state index contributed by atoms with van der Waals surface area (Å²) in [4.78, 5) is 12.0. The van der Waals surface area contributed by atoms with Gasteiger partial charge in [-0.05, 0) is 29.8 Å². The molecule has 0 fully saturated rings. The van der Waals surface area contributed by atoms with E-state index < -0.39 is 33.3 Å². The van der Waals surface area contributed by atoms with Crippen LogP contribution in [0.3, 0.4) is 0 Å². The number of carbonyl (C=O) groups excluding carboxylic acids is 1. The summed E-state index contributed by atoms with van der Waals surface area (Å²) in [7, 11) is -0.716. The molecule has 2 rings (SSSR count). The molecular weight excluding hydrogens is 338 g/mol. The van der Waals surface area contributed by atoms with Gasteiger partial charge in [-0.3, -0.25) is 4.79 Å². The maximum absolute atomic E-state index is 13.5. The SMILES string of the molecule is CN(C)S(=O)(=O)c1ccc(CC(=O)Nc2c(F)cccc2F)cc1. The highest BCUT2D eigenvalue weighted by Crippen LogP contribution is 2.19. The molecule has 0 aliphatic carbocycles. The standard InChI is InChI=1S/C16H16F2N2O3S/c1-20(2)24(22,23)12-8-6-11(7-9-12)10-15(21)19-16-13(17)4-3-5-14(16)18/h3-9H,10H2,1-2H3,(H,19,21). The second-order valence-corrected chi connectivity index (χ2v) is 7.40. The van der Waals surface area contributed by atoms with Crippen molar-refractivity contribution in [2.24, 2.45) is 0 Å². The lowest BCUT2D eigenvalue weighted by Crippen LogP contribution is -2.22. The van der Waals surface area contributed by atoms with Gasteiger partial charge in [0.1, 0.15) is 17.3 Å². The van der Waals surface area contributed by atoms with Gasteiger partial charge in [0.15, 0.2) is 0 Å². The van der Waals surface area contributed by atoms with Crippen LogP contribution in [-0.4, -0.2) is 32.7 Å². The van der Waals surface area contributed by atoms with Gasteiger partial charge < -0.3 is 5.32 Å². The van der Waals surface area contributed by atoms with E-state index in [1.807, 2.05) is 0 Å². The van der Waals surface area contributed by atoms with Crippen molar-refractivity contribution in [1.82, 2.24) is 4.31 Å². The van der Waals surface area contributed by atoms with Crippen LogP contribution >= 0.6 is 0 Å². The molecule has 24 heavy (non-hydrogen) atoms. The van der Waals surface area contributed by atoms with E-state index in [9.17, 15) is 22.0 Å². The van der Waals surface area contributed by atoms with Crippen molar-refractivity contribution in [1.29, 1.82) is 0 Å². The Kier molecular flexibility index (Phi) is 5.30. The Morgan fingerprint density at radius 3 is 2.08 bits per heavy atom. The summed E-state index contributed by atoms with van der Waals surface area (Å²) in [5.74, 6) is -2.34. The summed E-state index contributed by atoms with van der Waals surface area (Å²) in [6.07, 6.45) is -0.143. The van der Waals surface area contributed by atoms with Crippen LogP contribution in [0.4, 0.5) is 14.5 Å². The maximum Gasteiger partial charge on any atom is 0.242 e. The minimum absolute atomic E-state index is 0.0943. The van der Waals surface area contributed by atoms with Gasteiger partial charge in [-0.15, -0.1) is 0 Å². The number of nitrogens with one attached hydrogen (secondary N) is 1. The quantitative estimate of drug-likeness (QED) is 0.897. The fourth-order valence-electron chi connectivity index (χ4n) is 1.98. The third kappa shape index (κ3) is 3.95. The molecule has 0 aliphatic rings. The highest BCUT2D eigenvalue weighted by Gasteiger charge is 2.17. The molecule has 1 N–H and O–H groups in total. The van der Waals surface area contributed by atoms with Crippen molar-refractivity contribution in [3.8, 4) is 0 Å². The fraction of sp³-hybridized carbons (Fsp3) is 0.188. The highest BCUT2D eigenvalue weighted by atomic mass is 32.2. The lowest BCUT2D eigenvalue weighted by atomic mass is 10.1. The van der Waals surface area contributed by atoms with Gasteiger partial charge in [0, 0.05) is 14.1 Å². The molecule has 0 spiro atoms. The second kappa shape index (κ2) is 7.06. The first-order chi connectivity index (χ1) is 11.2. The third-order valence-corrected chi connectivity index (χ3v) is 5.12. The monoisotopic (exact) mass is 354 g/mol. The Morgan fingerprint density at radius 2 is 1.58 bits per heavy atom. The molecule has 0 bridgehead atoms. The van der Waals surface area contributed by atoms with Gasteiger partial charge in [0.25, 0.3) is 0 Å². The van der Waals surface area contributed by atoms with Crippen LogP contribution in [0.25, 0.3) is 0 Å². The van der Waals surface area contributed by atoms with Crippen LogP contribution < -0.4 is 5.32 Å². The minimum Gasteiger partial charge on any atom is -0.321 e. The Balaban J connectivity index is 2.10. The van der Waals surface area contributed by atoms with Crippen LogP contribution in [-0.2, 0) is 21.2 Å². The Labute approximate surface area is 139 Å². The molecule has 0 atom stereocenters. The largest absolute Gasteiger partial charge is 0.321 e. The summed E-state index contributed by atoms with van der Waals surface area (Å²) >= 11 is 0. The van der Waals surface area contributed by atoms with E-state index in [2.05, 4.69) is 5.32 Å². The summed E-state index contributed by atoms with van der Waals surface area (Å²) in [5, 5.41) is 2.17. The summed E-state index contributed by atoms with van der Waals surface area (Å²) in [5.41, 5.74) is 0.0104. The molecule has 0 unspecified atom stereocenters. The molecule has 2 aromatic rings. The number of para-hydroxylation sites is 1. The number of halogens is 2. The van der Waals surface area contributed by atoms with Crippen molar-refractivity contribution in [2.45, 2.75) is 11.3 Å². The number of rotatable bonds is 5. The molecular formula is C16H16F2N2O3S. The maximum atomic E-state index is 13.5. The third-order valence-electron chi connectivity index (χ3n) is 3.29. The average molecular weight is 354 g/mol. The molecule has 128 valence electrons. The molecule has 0 saturated heterocycles. The Morgan fingerprint density at radius 1 is 1.04 bits per heavy atom. The summed E-state index contributed by atoms with van der Waals surface area (Å²) in [6.45, 7) is 0. The molecule has 8 heteroatoms. The highest BCUT2D eigenvalue weighted by molar-refractivity contribution is 7.89. The van der Waals surface area contributed by atoms with Gasteiger partial charge in [0.05, 0.1) is 11.3 Å². The van der Waals surface area contributed by atoms with E-state index >= 15 is 0 Å². The van der Waals surface area contributed by atoms with E-state index in [1.54, 1.807) is 0 Å². The molecule has 0 aliphatic heterocycles. The van der Waals surface area contributed by atoms with E-state index in [0.717, 1.165) is 16.4 Å². The number of hydrogen-bond acceptors (Lipinski definition) is 3. The molecule has 0 radical (unpaired) electrons. The van der Waals surface area contributed by atoms with Crippen LogP contribution in [0.5, 0.6) is 0 Å². The fourth-order valence-corrected chi connectivity index (χ4v) is 2.88. The van der Waals surface area contributed by atoms with Crippen LogP contribution in [0, 0.1) is 11.6 Å². The predicted molar refractivity (Wildman–Crippen MR) is 86.0 cm³/mol. The lowest BCUT2D eigenvalue weighted by Gasteiger charge is -2.12. The van der Waals surface area contributed by atoms with Crippen LogP contribution in [0.1, 0.15) is 5.56 Å². The topological polar surface area (TPSA) is 66.5 Å².